The van der Waals surface area contributed by atoms with Gasteiger partial charge in [-0.2, -0.15) is 0 Å². The van der Waals surface area contributed by atoms with Crippen LogP contribution < -0.4 is 0 Å². The van der Waals surface area contributed by atoms with Crippen molar-refractivity contribution >= 4 is 11.7 Å². The molecule has 1 spiro atoms. The van der Waals surface area contributed by atoms with Gasteiger partial charge in [0, 0.05) is 6.42 Å². The number of carbonyl (C=O) groups is 1. The number of oxime groups is 1. The van der Waals surface area contributed by atoms with Crippen molar-refractivity contribution in [3.8, 4) is 0 Å². The molecule has 0 aromatic heterocycles. The molecule has 2 unspecified atom stereocenters. The summed E-state index contributed by atoms with van der Waals surface area (Å²) in [5.41, 5.74) is -0.0983. The Bertz CT molecular complexity index is 300. The number of hydrogen-bond donors (Lipinski definition) is 1. The van der Waals surface area contributed by atoms with Gasteiger partial charge in [0.15, 0.2) is 5.71 Å². The molecule has 84 valence electrons. The predicted molar refractivity (Wildman–Crippen MR) is 55.8 cm³/mol. The molecule has 0 aromatic rings. The van der Waals surface area contributed by atoms with Crippen molar-refractivity contribution < 1.29 is 14.7 Å². The van der Waals surface area contributed by atoms with E-state index in [-0.39, 0.29) is 11.3 Å². The summed E-state index contributed by atoms with van der Waals surface area (Å²) in [4.78, 5) is 16.2. The Morgan fingerprint density at radius 3 is 3.13 bits per heavy atom. The summed E-state index contributed by atoms with van der Waals surface area (Å²) in [6, 6.07) is 0. The van der Waals surface area contributed by atoms with Crippen molar-refractivity contribution in [2.45, 2.75) is 51.0 Å². The molecule has 1 heterocycles. The van der Waals surface area contributed by atoms with Crippen LogP contribution in [0.1, 0.15) is 45.4 Å². The van der Waals surface area contributed by atoms with Crippen LogP contribution in [0, 0.1) is 5.92 Å². The Morgan fingerprint density at radius 2 is 2.53 bits per heavy atom. The third-order valence-electron chi connectivity index (χ3n) is 3.57. The minimum atomic E-state index is -0.939. The van der Waals surface area contributed by atoms with Crippen LogP contribution in [0.2, 0.25) is 0 Å². The summed E-state index contributed by atoms with van der Waals surface area (Å²) in [7, 11) is 0. The van der Waals surface area contributed by atoms with Crippen molar-refractivity contribution in [3.05, 3.63) is 0 Å². The fourth-order valence-electron chi connectivity index (χ4n) is 2.67. The van der Waals surface area contributed by atoms with E-state index in [1.807, 2.05) is 0 Å². The molecule has 2 aliphatic rings. The third kappa shape index (κ3) is 1.98. The normalized spacial score (nSPS) is 35.0. The van der Waals surface area contributed by atoms with Gasteiger partial charge in [-0.1, -0.05) is 24.9 Å². The Kier molecular flexibility index (Phi) is 2.67. The molecule has 2 rings (SSSR count). The lowest BCUT2D eigenvalue weighted by Crippen LogP contribution is -2.36. The summed E-state index contributed by atoms with van der Waals surface area (Å²) in [6.45, 7) is 2.18. The van der Waals surface area contributed by atoms with Crippen molar-refractivity contribution in [1.82, 2.24) is 0 Å². The van der Waals surface area contributed by atoms with E-state index < -0.39 is 5.97 Å². The summed E-state index contributed by atoms with van der Waals surface area (Å²) >= 11 is 0. The first-order valence-electron chi connectivity index (χ1n) is 5.63. The Balaban J connectivity index is 2.02. The van der Waals surface area contributed by atoms with E-state index in [0.717, 1.165) is 25.7 Å². The molecule has 0 saturated heterocycles. The van der Waals surface area contributed by atoms with Crippen LogP contribution in [-0.4, -0.2) is 22.4 Å². The van der Waals surface area contributed by atoms with Crippen LogP contribution in [0.25, 0.3) is 0 Å². The molecule has 0 amide bonds. The number of carboxylic acids is 1. The maximum absolute atomic E-state index is 10.8. The summed E-state index contributed by atoms with van der Waals surface area (Å²) in [5, 5.41) is 12.5. The van der Waals surface area contributed by atoms with Crippen LogP contribution in [0.5, 0.6) is 0 Å². The number of aliphatic carboxylic acids is 1. The molecule has 1 N–H and O–H groups in total. The van der Waals surface area contributed by atoms with Crippen molar-refractivity contribution in [2.24, 2.45) is 11.1 Å². The third-order valence-corrected chi connectivity index (χ3v) is 3.57. The molecule has 2 atom stereocenters. The predicted octanol–water partition coefficient (Wildman–Crippen LogP) is 2.19. The summed E-state index contributed by atoms with van der Waals surface area (Å²) in [5.74, 6) is -0.271. The SMILES string of the molecule is CCC1CCCC2(CC(C(=O)O)=NO2)C1. The monoisotopic (exact) mass is 211 g/mol. The highest BCUT2D eigenvalue weighted by Gasteiger charge is 2.44. The molecule has 0 radical (unpaired) electrons. The number of rotatable bonds is 2. The Hall–Kier alpha value is -1.06. The zero-order valence-corrected chi connectivity index (χ0v) is 9.03. The second kappa shape index (κ2) is 3.83. The molecular weight excluding hydrogens is 194 g/mol. The van der Waals surface area contributed by atoms with E-state index in [2.05, 4.69) is 12.1 Å². The molecule has 1 saturated carbocycles. The largest absolute Gasteiger partial charge is 0.477 e. The number of carboxylic acid groups (broad SMARTS) is 1. The zero-order chi connectivity index (χ0) is 10.9. The minimum absolute atomic E-state index is 0.187. The standard InChI is InChI=1S/C11H17NO3/c1-2-8-4-3-5-11(6-8)7-9(10(13)14)12-15-11/h8H,2-7H2,1H3,(H,13,14). The highest BCUT2D eigenvalue weighted by molar-refractivity contribution is 6.36. The van der Waals surface area contributed by atoms with Gasteiger partial charge < -0.3 is 9.94 Å². The highest BCUT2D eigenvalue weighted by Crippen LogP contribution is 2.41. The lowest BCUT2D eigenvalue weighted by atomic mass is 9.75. The summed E-state index contributed by atoms with van der Waals surface area (Å²) < 4.78 is 0. The van der Waals surface area contributed by atoms with Crippen molar-refractivity contribution in [2.75, 3.05) is 0 Å². The Labute approximate surface area is 89.3 Å². The van der Waals surface area contributed by atoms with E-state index in [1.165, 1.54) is 6.42 Å². The molecule has 1 fully saturated rings. The maximum Gasteiger partial charge on any atom is 0.353 e. The van der Waals surface area contributed by atoms with Crippen LogP contribution >= 0.6 is 0 Å². The Morgan fingerprint density at radius 1 is 1.73 bits per heavy atom. The number of hydrogen-bond acceptors (Lipinski definition) is 3. The molecule has 4 nitrogen and oxygen atoms in total. The first-order chi connectivity index (χ1) is 7.15. The average Bonchev–Trinajstić information content (AvgIpc) is 2.62. The van der Waals surface area contributed by atoms with E-state index >= 15 is 0 Å². The quantitative estimate of drug-likeness (QED) is 0.761. The topological polar surface area (TPSA) is 58.9 Å². The summed E-state index contributed by atoms with van der Waals surface area (Å²) in [6.07, 6.45) is 5.91. The second-order valence-corrected chi connectivity index (χ2v) is 4.66. The zero-order valence-electron chi connectivity index (χ0n) is 9.03. The van der Waals surface area contributed by atoms with Gasteiger partial charge in [-0.25, -0.2) is 4.79 Å². The first-order valence-corrected chi connectivity index (χ1v) is 5.63. The maximum atomic E-state index is 10.8. The fraction of sp³-hybridized carbons (Fsp3) is 0.818. The first kappa shape index (κ1) is 10.5. The van der Waals surface area contributed by atoms with Gasteiger partial charge in [0.05, 0.1) is 0 Å². The fourth-order valence-corrected chi connectivity index (χ4v) is 2.67. The smallest absolute Gasteiger partial charge is 0.353 e. The lowest BCUT2D eigenvalue weighted by Gasteiger charge is -2.35. The van der Waals surface area contributed by atoms with Gasteiger partial charge >= 0.3 is 5.97 Å². The molecule has 4 heteroatoms. The van der Waals surface area contributed by atoms with Gasteiger partial charge in [0.2, 0.25) is 0 Å². The van der Waals surface area contributed by atoms with E-state index in [9.17, 15) is 4.79 Å². The van der Waals surface area contributed by atoms with Crippen LogP contribution in [0.15, 0.2) is 5.16 Å². The van der Waals surface area contributed by atoms with Crippen LogP contribution in [0.4, 0.5) is 0 Å². The second-order valence-electron chi connectivity index (χ2n) is 4.66. The van der Waals surface area contributed by atoms with Gasteiger partial charge in [-0.05, 0) is 25.2 Å². The van der Waals surface area contributed by atoms with Crippen molar-refractivity contribution in [1.29, 1.82) is 0 Å². The molecule has 1 aliphatic carbocycles. The minimum Gasteiger partial charge on any atom is -0.477 e. The molecule has 15 heavy (non-hydrogen) atoms. The van der Waals surface area contributed by atoms with Crippen LogP contribution in [-0.2, 0) is 9.63 Å². The molecule has 0 bridgehead atoms. The van der Waals surface area contributed by atoms with E-state index in [4.69, 9.17) is 9.94 Å². The van der Waals surface area contributed by atoms with Gasteiger partial charge in [0.1, 0.15) is 5.60 Å². The average molecular weight is 211 g/mol. The van der Waals surface area contributed by atoms with E-state index in [0.29, 0.717) is 12.3 Å². The molecular formula is C11H17NO3. The van der Waals surface area contributed by atoms with Crippen LogP contribution in [0.3, 0.4) is 0 Å². The van der Waals surface area contributed by atoms with Crippen molar-refractivity contribution in [3.63, 3.8) is 0 Å². The highest BCUT2D eigenvalue weighted by atomic mass is 16.7. The van der Waals surface area contributed by atoms with Gasteiger partial charge in [0.25, 0.3) is 0 Å². The molecule has 0 aromatic carbocycles. The van der Waals surface area contributed by atoms with Gasteiger partial charge in [-0.3, -0.25) is 0 Å². The lowest BCUT2D eigenvalue weighted by molar-refractivity contribution is -0.129. The van der Waals surface area contributed by atoms with E-state index in [1.54, 1.807) is 0 Å². The number of nitrogens with zero attached hydrogens (tertiary/aromatic N) is 1. The van der Waals surface area contributed by atoms with Gasteiger partial charge in [-0.15, -0.1) is 0 Å². The molecule has 1 aliphatic heterocycles.